The van der Waals surface area contributed by atoms with E-state index in [0.29, 0.717) is 38.1 Å². The Morgan fingerprint density at radius 3 is 2.40 bits per heavy atom. The number of benzene rings is 2. The van der Waals surface area contributed by atoms with E-state index in [0.717, 1.165) is 61.1 Å². The smallest absolute Gasteiger partial charge is 0.344 e. The van der Waals surface area contributed by atoms with Gasteiger partial charge in [-0.15, -0.1) is 0 Å². The number of anilines is 1. The summed E-state index contributed by atoms with van der Waals surface area (Å²) in [5.74, 6) is -1.24. The predicted octanol–water partition coefficient (Wildman–Crippen LogP) is 5.01. The fourth-order valence-corrected chi connectivity index (χ4v) is 14.5. The van der Waals surface area contributed by atoms with E-state index in [2.05, 4.69) is 63.8 Å². The van der Waals surface area contributed by atoms with Gasteiger partial charge in [-0.1, -0.05) is 44.2 Å². The molecule has 0 unspecified atom stereocenters. The molecule has 3 aromatic rings. The first kappa shape index (κ1) is 37.9. The summed E-state index contributed by atoms with van der Waals surface area (Å²) in [6.45, 7) is 9.03. The summed E-state index contributed by atoms with van der Waals surface area (Å²) < 4.78 is 26.5. The Balaban J connectivity index is 1.31. The lowest BCUT2D eigenvalue weighted by molar-refractivity contribution is -0.228. The number of likely N-dealkylation sites (N-methyl/N-ethyl adjacent to an activating group) is 1. The summed E-state index contributed by atoms with van der Waals surface area (Å²) in [6, 6.07) is 11.7. The molecule has 3 fully saturated rings. The third kappa shape index (κ3) is 4.19. The van der Waals surface area contributed by atoms with Crippen LogP contribution in [-0.2, 0) is 46.0 Å². The van der Waals surface area contributed by atoms with Crippen LogP contribution in [0.3, 0.4) is 0 Å². The average Bonchev–Trinajstić information content (AvgIpc) is 3.89. The minimum absolute atomic E-state index is 0.156. The maximum Gasteiger partial charge on any atom is 0.344 e. The zero-order chi connectivity index (χ0) is 40.7. The number of hydrogen-bond acceptors (Lipinski definition) is 11. The molecule has 308 valence electrons. The number of methoxy groups -OCH3 is 3. The Morgan fingerprint density at radius 1 is 0.914 bits per heavy atom. The second-order valence-corrected chi connectivity index (χ2v) is 18.2. The SMILES string of the molecule is CC[C@@]12CCCN3CCc4c(n(c5ccccc45)[C@@](C(=O)OC)(c4cc5c(cc4OC)N(C)[C@H]4[C@@](O)(C(=O)OC)[C@H](OC(C)=O)[C@]6(CC)C=CCN7CC[C@]54[C@@H]76)C1)[C@@H]32. The van der Waals surface area contributed by atoms with Crippen molar-refractivity contribution in [3.05, 3.63) is 70.9 Å². The molecule has 6 aliphatic heterocycles. The van der Waals surface area contributed by atoms with Crippen LogP contribution in [0.15, 0.2) is 48.6 Å². The van der Waals surface area contributed by atoms with Crippen LogP contribution in [0, 0.1) is 10.8 Å². The number of fused-ring (bicyclic) bond motifs is 4. The first-order valence-electron chi connectivity index (χ1n) is 21.2. The van der Waals surface area contributed by atoms with E-state index in [1.165, 1.54) is 37.8 Å². The van der Waals surface area contributed by atoms with Gasteiger partial charge < -0.3 is 33.5 Å². The van der Waals surface area contributed by atoms with Crippen LogP contribution in [0.25, 0.3) is 10.9 Å². The second-order valence-electron chi connectivity index (χ2n) is 18.2. The van der Waals surface area contributed by atoms with E-state index in [-0.39, 0.29) is 23.5 Å². The molecular formula is C46H56N4O8. The number of carbonyl (C=O) groups excluding carboxylic acids is 3. The van der Waals surface area contributed by atoms with Crippen molar-refractivity contribution in [1.82, 2.24) is 14.4 Å². The number of nitrogens with zero attached hydrogens (tertiary/aromatic N) is 4. The highest BCUT2D eigenvalue weighted by Crippen LogP contribution is 2.69. The highest BCUT2D eigenvalue weighted by molar-refractivity contribution is 5.94. The fraction of sp³-hybridized carbons (Fsp3) is 0.587. The molecule has 1 saturated carbocycles. The monoisotopic (exact) mass is 792 g/mol. The topological polar surface area (TPSA) is 123 Å². The van der Waals surface area contributed by atoms with Crippen molar-refractivity contribution in [1.29, 1.82) is 0 Å². The van der Waals surface area contributed by atoms with Crippen molar-refractivity contribution in [2.75, 3.05) is 59.5 Å². The molecule has 2 aromatic carbocycles. The predicted molar refractivity (Wildman–Crippen MR) is 217 cm³/mol. The van der Waals surface area contributed by atoms with Crippen molar-refractivity contribution in [3.63, 3.8) is 0 Å². The van der Waals surface area contributed by atoms with Crippen LogP contribution in [0.1, 0.15) is 87.7 Å². The second kappa shape index (κ2) is 12.6. The van der Waals surface area contributed by atoms with Crippen LogP contribution in [0.2, 0.25) is 0 Å². The summed E-state index contributed by atoms with van der Waals surface area (Å²) in [5, 5.41) is 14.5. The zero-order valence-corrected chi connectivity index (χ0v) is 34.8. The lowest BCUT2D eigenvalue weighted by Gasteiger charge is -2.63. The number of para-hydroxylation sites is 1. The van der Waals surface area contributed by atoms with Crippen molar-refractivity contribution in [2.45, 2.75) is 107 Å². The maximum atomic E-state index is 15.4. The number of esters is 3. The number of rotatable bonds is 7. The fourth-order valence-electron chi connectivity index (χ4n) is 14.5. The maximum absolute atomic E-state index is 15.4. The summed E-state index contributed by atoms with van der Waals surface area (Å²) in [6.07, 6.45) is 8.37. The molecule has 1 aliphatic carbocycles. The number of ether oxygens (including phenoxy) is 4. The Kier molecular flexibility index (Phi) is 8.20. The number of aliphatic hydroxyl groups is 1. The summed E-state index contributed by atoms with van der Waals surface area (Å²) >= 11 is 0. The van der Waals surface area contributed by atoms with E-state index in [1.54, 1.807) is 7.11 Å². The van der Waals surface area contributed by atoms with Gasteiger partial charge in [0.05, 0.1) is 33.4 Å². The van der Waals surface area contributed by atoms with E-state index in [1.807, 2.05) is 24.9 Å². The Hall–Kier alpha value is -4.39. The lowest BCUT2D eigenvalue weighted by atomic mass is 9.47. The van der Waals surface area contributed by atoms with E-state index in [9.17, 15) is 14.7 Å². The van der Waals surface area contributed by atoms with Gasteiger partial charge in [-0.2, -0.15) is 0 Å². The van der Waals surface area contributed by atoms with Gasteiger partial charge in [0.15, 0.2) is 11.6 Å². The Morgan fingerprint density at radius 2 is 1.69 bits per heavy atom. The van der Waals surface area contributed by atoms with Crippen molar-refractivity contribution < 1.29 is 38.4 Å². The summed E-state index contributed by atoms with van der Waals surface area (Å²) in [4.78, 5) is 49.9. The quantitative estimate of drug-likeness (QED) is 0.198. The van der Waals surface area contributed by atoms with Gasteiger partial charge in [-0.05, 0) is 86.7 Å². The van der Waals surface area contributed by atoms with Gasteiger partial charge >= 0.3 is 17.9 Å². The van der Waals surface area contributed by atoms with Gasteiger partial charge in [-0.3, -0.25) is 14.6 Å². The van der Waals surface area contributed by atoms with Crippen molar-refractivity contribution in [2.24, 2.45) is 10.8 Å². The normalized spacial score (nSPS) is 36.8. The van der Waals surface area contributed by atoms with Crippen LogP contribution < -0.4 is 9.64 Å². The number of hydrogen-bond donors (Lipinski definition) is 1. The molecule has 7 heterocycles. The molecule has 1 spiro atoms. The third-order valence-corrected chi connectivity index (χ3v) is 16.4. The van der Waals surface area contributed by atoms with Gasteiger partial charge in [-0.25, -0.2) is 9.59 Å². The van der Waals surface area contributed by atoms with E-state index in [4.69, 9.17) is 18.9 Å². The van der Waals surface area contributed by atoms with Crippen LogP contribution >= 0.6 is 0 Å². The molecule has 1 aromatic heterocycles. The minimum Gasteiger partial charge on any atom is -0.496 e. The molecule has 2 saturated heterocycles. The van der Waals surface area contributed by atoms with E-state index >= 15 is 4.79 Å². The van der Waals surface area contributed by atoms with Crippen molar-refractivity contribution in [3.8, 4) is 5.75 Å². The first-order valence-corrected chi connectivity index (χ1v) is 21.2. The molecule has 0 amide bonds. The molecule has 0 radical (unpaired) electrons. The standard InChI is InChI=1S/C46H56N4O8/c1-8-42-17-12-20-48-22-16-29-28-14-10-11-15-32(28)50(35(29)36(42)48)45(26-42,40(52)56-6)31-24-30-33(25-34(31)55-5)47(4)38-44(30)19-23-49-21-13-18-43(9-2,37(44)49)39(58-27(3)51)46(38,54)41(53)57-7/h10-11,13-15,18,24-25,36-39,54H,8-9,12,16-17,19-23,26H2,1-7H3/t36-,37+,38-,39-,42-,43-,44-,45-,46+/m1/s1. The first-order chi connectivity index (χ1) is 27.9. The molecule has 7 aliphatic rings. The van der Waals surface area contributed by atoms with Gasteiger partial charge in [0, 0.05) is 77.8 Å². The molecule has 9 atom stereocenters. The Labute approximate surface area is 340 Å². The lowest BCUT2D eigenvalue weighted by Crippen LogP contribution is -2.81. The van der Waals surface area contributed by atoms with Gasteiger partial charge in [0.2, 0.25) is 5.60 Å². The minimum atomic E-state index is -2.27. The van der Waals surface area contributed by atoms with Gasteiger partial charge in [0.1, 0.15) is 5.75 Å². The largest absolute Gasteiger partial charge is 0.496 e. The van der Waals surface area contributed by atoms with Crippen molar-refractivity contribution >= 4 is 34.5 Å². The summed E-state index contributed by atoms with van der Waals surface area (Å²) in [7, 11) is 6.32. The van der Waals surface area contributed by atoms with Crippen LogP contribution in [0.4, 0.5) is 5.69 Å². The van der Waals surface area contributed by atoms with E-state index < -0.39 is 46.1 Å². The molecule has 12 heteroatoms. The molecule has 1 N–H and O–H groups in total. The van der Waals surface area contributed by atoms with Crippen LogP contribution in [0.5, 0.6) is 5.75 Å². The molecule has 10 rings (SSSR count). The Bertz CT molecular complexity index is 2300. The summed E-state index contributed by atoms with van der Waals surface area (Å²) in [5.41, 5.74) is 0.346. The third-order valence-electron chi connectivity index (χ3n) is 16.4. The number of aromatic nitrogens is 1. The average molecular weight is 793 g/mol. The zero-order valence-electron chi connectivity index (χ0n) is 34.8. The highest BCUT2D eigenvalue weighted by atomic mass is 16.6. The number of carbonyl (C=O) groups is 3. The molecular weight excluding hydrogens is 737 g/mol. The van der Waals surface area contributed by atoms with Gasteiger partial charge in [0.25, 0.3) is 0 Å². The molecule has 58 heavy (non-hydrogen) atoms. The number of piperidine rings is 1. The van der Waals surface area contributed by atoms with Crippen LogP contribution in [-0.4, -0.2) is 116 Å². The molecule has 12 nitrogen and oxygen atoms in total. The highest BCUT2D eigenvalue weighted by Gasteiger charge is 2.80. The molecule has 0 bridgehead atoms.